The molecule has 2 aromatic carbocycles. The van der Waals surface area contributed by atoms with Crippen molar-refractivity contribution >= 4 is 26.0 Å². The second kappa shape index (κ2) is 11.6. The van der Waals surface area contributed by atoms with Crippen LogP contribution in [0.3, 0.4) is 0 Å². The zero-order chi connectivity index (χ0) is 28.3. The van der Waals surface area contributed by atoms with Crippen molar-refractivity contribution in [3.63, 3.8) is 0 Å². The van der Waals surface area contributed by atoms with E-state index in [-0.39, 0.29) is 30.8 Å². The Balaban J connectivity index is 1.82. The maximum atomic E-state index is 13.4. The number of sulfonamides is 1. The molecule has 9 nitrogen and oxygen atoms in total. The second-order valence-corrected chi connectivity index (χ2v) is 12.7. The minimum absolute atomic E-state index is 0.0119. The Morgan fingerprint density at radius 1 is 1.05 bits per heavy atom. The van der Waals surface area contributed by atoms with Crippen LogP contribution in [0.1, 0.15) is 43.7 Å². The monoisotopic (exact) mass is 578 g/mol. The lowest BCUT2D eigenvalue weighted by Crippen LogP contribution is -2.54. The van der Waals surface area contributed by atoms with Gasteiger partial charge in [0.05, 0.1) is 17.3 Å². The fourth-order valence-electron chi connectivity index (χ4n) is 4.05. The van der Waals surface area contributed by atoms with Crippen LogP contribution in [0.2, 0.25) is 0 Å². The molecule has 1 N–H and O–H groups in total. The van der Waals surface area contributed by atoms with Gasteiger partial charge in [-0.15, -0.1) is 13.2 Å². The number of carbonyl (C=O) groups is 1. The van der Waals surface area contributed by atoms with Gasteiger partial charge in [-0.05, 0) is 47.7 Å². The average Bonchev–Trinajstić information content (AvgIpc) is 2.81. The molecule has 0 saturated carbocycles. The molecule has 1 saturated heterocycles. The molecule has 3 rings (SSSR count). The van der Waals surface area contributed by atoms with Gasteiger partial charge in [-0.2, -0.15) is 12.7 Å². The summed E-state index contributed by atoms with van der Waals surface area (Å²) in [6, 6.07) is 9.81. The van der Waals surface area contributed by atoms with Crippen molar-refractivity contribution in [1.82, 2.24) is 9.62 Å². The number of carbonyl (C=O) groups excluding carboxylic acids is 1. The predicted molar refractivity (Wildman–Crippen MR) is 132 cm³/mol. The molecular weight excluding hydrogens is 549 g/mol. The van der Waals surface area contributed by atoms with Gasteiger partial charge < -0.3 is 10.1 Å². The molecule has 1 amide bonds. The lowest BCUT2D eigenvalue weighted by Gasteiger charge is -2.37. The third kappa shape index (κ3) is 8.16. The van der Waals surface area contributed by atoms with E-state index in [1.807, 2.05) is 38.1 Å². The molecular formula is C24H29F3N2O7S2. The first-order chi connectivity index (χ1) is 17.5. The molecule has 1 aliphatic heterocycles. The second-order valence-electron chi connectivity index (χ2n) is 9.21. The average molecular weight is 579 g/mol. The van der Waals surface area contributed by atoms with E-state index < -0.39 is 50.3 Å². The normalized spacial score (nSPS) is 19.3. The summed E-state index contributed by atoms with van der Waals surface area (Å²) in [6.07, 6.45) is -5.27. The lowest BCUT2D eigenvalue weighted by atomic mass is 10.0. The lowest BCUT2D eigenvalue weighted by molar-refractivity contribution is -0.274. The van der Waals surface area contributed by atoms with E-state index in [2.05, 4.69) is 10.1 Å². The summed E-state index contributed by atoms with van der Waals surface area (Å²) in [4.78, 5) is 12.8. The van der Waals surface area contributed by atoms with E-state index in [1.54, 1.807) is 0 Å². The van der Waals surface area contributed by atoms with Gasteiger partial charge in [-0.1, -0.05) is 38.1 Å². The number of piperidine rings is 1. The van der Waals surface area contributed by atoms with Crippen molar-refractivity contribution in [1.29, 1.82) is 0 Å². The molecule has 0 aromatic heterocycles. The minimum atomic E-state index is -4.94. The number of hydrogen-bond acceptors (Lipinski definition) is 7. The number of ether oxygens (including phenoxy) is 1. The van der Waals surface area contributed by atoms with Crippen LogP contribution in [-0.4, -0.2) is 58.4 Å². The molecule has 38 heavy (non-hydrogen) atoms. The van der Waals surface area contributed by atoms with Crippen molar-refractivity contribution in [3.8, 4) is 5.75 Å². The van der Waals surface area contributed by atoms with Gasteiger partial charge in [-0.3, -0.25) is 8.98 Å². The summed E-state index contributed by atoms with van der Waals surface area (Å²) >= 11 is 0. The summed E-state index contributed by atoms with van der Waals surface area (Å²) in [7, 11) is -8.22. The van der Waals surface area contributed by atoms with Crippen LogP contribution in [0.4, 0.5) is 13.2 Å². The molecule has 1 fully saturated rings. The molecule has 2 aromatic rings. The Morgan fingerprint density at radius 2 is 1.66 bits per heavy atom. The first-order valence-corrected chi connectivity index (χ1v) is 14.9. The van der Waals surface area contributed by atoms with Crippen molar-refractivity contribution in [2.75, 3.05) is 12.8 Å². The van der Waals surface area contributed by atoms with E-state index in [1.165, 1.54) is 0 Å². The topological polar surface area (TPSA) is 119 Å². The van der Waals surface area contributed by atoms with Gasteiger partial charge in [0.2, 0.25) is 15.9 Å². The van der Waals surface area contributed by atoms with E-state index in [0.717, 1.165) is 46.0 Å². The van der Waals surface area contributed by atoms with E-state index >= 15 is 0 Å². The van der Waals surface area contributed by atoms with Crippen LogP contribution in [0.15, 0.2) is 53.4 Å². The van der Waals surface area contributed by atoms with Crippen LogP contribution in [0, 0.1) is 0 Å². The van der Waals surface area contributed by atoms with Gasteiger partial charge in [0.15, 0.2) is 0 Å². The zero-order valence-electron chi connectivity index (χ0n) is 20.9. The predicted octanol–water partition coefficient (Wildman–Crippen LogP) is 3.52. The van der Waals surface area contributed by atoms with Crippen molar-refractivity contribution in [2.24, 2.45) is 0 Å². The Hall–Kier alpha value is -2.68. The number of benzene rings is 2. The van der Waals surface area contributed by atoms with Gasteiger partial charge in [0, 0.05) is 19.5 Å². The number of hydrogen-bond donors (Lipinski definition) is 1. The number of alkyl halides is 3. The molecule has 0 unspecified atom stereocenters. The van der Waals surface area contributed by atoms with E-state index in [4.69, 9.17) is 4.18 Å². The van der Waals surface area contributed by atoms with Crippen LogP contribution < -0.4 is 10.1 Å². The molecule has 2 atom stereocenters. The third-order valence-corrected chi connectivity index (χ3v) is 8.44. The van der Waals surface area contributed by atoms with Crippen molar-refractivity contribution < 1.29 is 43.7 Å². The number of rotatable bonds is 9. The fourth-order valence-corrected chi connectivity index (χ4v) is 6.33. The molecule has 210 valence electrons. The zero-order valence-corrected chi connectivity index (χ0v) is 22.6. The smallest absolute Gasteiger partial charge is 0.406 e. The molecule has 0 bridgehead atoms. The highest BCUT2D eigenvalue weighted by molar-refractivity contribution is 7.89. The van der Waals surface area contributed by atoms with Crippen LogP contribution in [0.25, 0.3) is 0 Å². The maximum absolute atomic E-state index is 13.4. The SMILES string of the molecule is CC(C)c1ccc(CNC(=O)[C@H]2C[C@@H](OS(C)(=O)=O)CCN2S(=O)(=O)c2ccc(OC(F)(F)F)cc2)cc1. The summed E-state index contributed by atoms with van der Waals surface area (Å²) in [5.41, 5.74) is 1.88. The number of amides is 1. The highest BCUT2D eigenvalue weighted by Crippen LogP contribution is 2.30. The summed E-state index contributed by atoms with van der Waals surface area (Å²) in [6.45, 7) is 3.94. The molecule has 0 radical (unpaired) electrons. The summed E-state index contributed by atoms with van der Waals surface area (Å²) < 4.78 is 97.2. The largest absolute Gasteiger partial charge is 0.573 e. The highest BCUT2D eigenvalue weighted by atomic mass is 32.2. The van der Waals surface area contributed by atoms with Crippen LogP contribution >= 0.6 is 0 Å². The fraction of sp³-hybridized carbons (Fsp3) is 0.458. The Morgan fingerprint density at radius 3 is 2.18 bits per heavy atom. The van der Waals surface area contributed by atoms with E-state index in [9.17, 15) is 34.8 Å². The highest BCUT2D eigenvalue weighted by Gasteiger charge is 2.42. The maximum Gasteiger partial charge on any atom is 0.573 e. The molecule has 1 aliphatic rings. The standard InChI is InChI=1S/C24H29F3N2O7S2/c1-16(2)18-6-4-17(5-7-18)15-28-23(30)22-14-20(36-37(3,31)32)12-13-29(22)38(33,34)21-10-8-19(9-11-21)35-24(25,26)27/h4-11,16,20,22H,12-15H2,1-3H3,(H,28,30)/t20-,22+/m0/s1. The van der Waals surface area contributed by atoms with Crippen LogP contribution in [0.5, 0.6) is 5.75 Å². The van der Waals surface area contributed by atoms with Crippen LogP contribution in [-0.2, 0) is 35.7 Å². The first-order valence-electron chi connectivity index (χ1n) is 11.7. The molecule has 0 spiro atoms. The van der Waals surface area contributed by atoms with Gasteiger partial charge in [-0.25, -0.2) is 8.42 Å². The first kappa shape index (κ1) is 29.9. The molecule has 0 aliphatic carbocycles. The van der Waals surface area contributed by atoms with Gasteiger partial charge in [0.25, 0.3) is 10.1 Å². The number of nitrogens with one attached hydrogen (secondary N) is 1. The third-order valence-electron chi connectivity index (χ3n) is 5.90. The van der Waals surface area contributed by atoms with Gasteiger partial charge >= 0.3 is 6.36 Å². The summed E-state index contributed by atoms with van der Waals surface area (Å²) in [5.74, 6) is -0.949. The minimum Gasteiger partial charge on any atom is -0.406 e. The quantitative estimate of drug-likeness (QED) is 0.452. The molecule has 1 heterocycles. The summed E-state index contributed by atoms with van der Waals surface area (Å²) in [5, 5.41) is 2.69. The Labute approximate surface area is 220 Å². The van der Waals surface area contributed by atoms with Gasteiger partial charge in [0.1, 0.15) is 11.8 Å². The number of halogens is 3. The Kier molecular flexibility index (Phi) is 9.12. The molecule has 14 heteroatoms. The van der Waals surface area contributed by atoms with Crippen molar-refractivity contribution in [3.05, 3.63) is 59.7 Å². The van der Waals surface area contributed by atoms with Crippen molar-refractivity contribution in [2.45, 2.75) is 62.6 Å². The number of nitrogens with zero attached hydrogens (tertiary/aromatic N) is 1. The Bertz CT molecular complexity index is 1330. The van der Waals surface area contributed by atoms with E-state index in [0.29, 0.717) is 5.92 Å².